The van der Waals surface area contributed by atoms with Crippen molar-refractivity contribution in [2.75, 3.05) is 6.67 Å². The van der Waals surface area contributed by atoms with E-state index in [4.69, 9.17) is 10.8 Å². The standard InChI is InChI=1S/C8H8F2N2O3.ClH/c9-3-7(11)5-1-4(12(14)15)2-6(10)8(5)13;/h1-2,7,13H,3,11H2;1H/t7-;/m1./s1. The number of non-ortho nitro benzene ring substituents is 1. The molecule has 16 heavy (non-hydrogen) atoms. The largest absolute Gasteiger partial charge is 0.505 e. The molecule has 1 rings (SSSR count). The summed E-state index contributed by atoms with van der Waals surface area (Å²) >= 11 is 0. The van der Waals surface area contributed by atoms with Crippen molar-refractivity contribution in [3.8, 4) is 5.75 Å². The van der Waals surface area contributed by atoms with Gasteiger partial charge < -0.3 is 10.8 Å². The molecule has 0 unspecified atom stereocenters. The van der Waals surface area contributed by atoms with Gasteiger partial charge in [0, 0.05) is 11.6 Å². The van der Waals surface area contributed by atoms with E-state index in [0.29, 0.717) is 6.07 Å². The molecule has 0 fully saturated rings. The molecule has 5 nitrogen and oxygen atoms in total. The topological polar surface area (TPSA) is 89.4 Å². The van der Waals surface area contributed by atoms with Crippen molar-refractivity contribution < 1.29 is 18.8 Å². The SMILES string of the molecule is Cl.N[C@H](CF)c1cc([N+](=O)[O-])cc(F)c1O. The second-order valence-corrected chi connectivity index (χ2v) is 2.88. The van der Waals surface area contributed by atoms with E-state index in [1.54, 1.807) is 0 Å². The Kier molecular flexibility index (Phi) is 5.06. The summed E-state index contributed by atoms with van der Waals surface area (Å²) in [5.74, 6) is -2.05. The average Bonchev–Trinajstić information content (AvgIpc) is 2.20. The van der Waals surface area contributed by atoms with E-state index in [-0.39, 0.29) is 18.0 Å². The number of phenols is 1. The predicted molar refractivity (Wildman–Crippen MR) is 54.9 cm³/mol. The van der Waals surface area contributed by atoms with Gasteiger partial charge in [0.05, 0.1) is 17.0 Å². The maximum Gasteiger partial charge on any atom is 0.272 e. The molecule has 0 heterocycles. The molecule has 0 aromatic heterocycles. The molecule has 3 N–H and O–H groups in total. The van der Waals surface area contributed by atoms with E-state index >= 15 is 0 Å². The molecule has 0 bridgehead atoms. The van der Waals surface area contributed by atoms with Crippen molar-refractivity contribution in [1.29, 1.82) is 0 Å². The Morgan fingerprint density at radius 3 is 2.56 bits per heavy atom. The third-order valence-electron chi connectivity index (χ3n) is 1.85. The van der Waals surface area contributed by atoms with Gasteiger partial charge in [-0.25, -0.2) is 8.78 Å². The Morgan fingerprint density at radius 2 is 2.12 bits per heavy atom. The Labute approximate surface area is 95.4 Å². The first-order valence-corrected chi connectivity index (χ1v) is 3.95. The highest BCUT2D eigenvalue weighted by molar-refractivity contribution is 5.85. The Balaban J connectivity index is 0.00000225. The second kappa shape index (κ2) is 5.57. The number of benzene rings is 1. The summed E-state index contributed by atoms with van der Waals surface area (Å²) in [6, 6.07) is 0.117. The van der Waals surface area contributed by atoms with Gasteiger partial charge >= 0.3 is 0 Å². The molecule has 0 aliphatic heterocycles. The van der Waals surface area contributed by atoms with Gasteiger partial charge in [-0.2, -0.15) is 0 Å². The smallest absolute Gasteiger partial charge is 0.272 e. The minimum absolute atomic E-state index is 0. The molecule has 0 saturated carbocycles. The zero-order chi connectivity index (χ0) is 11.6. The van der Waals surface area contributed by atoms with Crippen LogP contribution in [-0.2, 0) is 0 Å². The average molecular weight is 255 g/mol. The fourth-order valence-corrected chi connectivity index (χ4v) is 1.08. The lowest BCUT2D eigenvalue weighted by Crippen LogP contribution is -2.13. The normalized spacial score (nSPS) is 11.7. The third-order valence-corrected chi connectivity index (χ3v) is 1.85. The third kappa shape index (κ3) is 2.77. The zero-order valence-corrected chi connectivity index (χ0v) is 8.71. The van der Waals surface area contributed by atoms with Crippen LogP contribution >= 0.6 is 12.4 Å². The number of halogens is 3. The fourth-order valence-electron chi connectivity index (χ4n) is 1.08. The summed E-state index contributed by atoms with van der Waals surface area (Å²) in [5.41, 5.74) is 4.31. The summed E-state index contributed by atoms with van der Waals surface area (Å²) in [6.45, 7) is -1.05. The van der Waals surface area contributed by atoms with Crippen molar-refractivity contribution in [2.45, 2.75) is 6.04 Å². The van der Waals surface area contributed by atoms with Crippen LogP contribution in [-0.4, -0.2) is 16.7 Å². The highest BCUT2D eigenvalue weighted by Crippen LogP contribution is 2.30. The summed E-state index contributed by atoms with van der Waals surface area (Å²) in [5, 5.41) is 19.5. The van der Waals surface area contributed by atoms with Crippen LogP contribution in [0.2, 0.25) is 0 Å². The number of nitrogens with two attached hydrogens (primary N) is 1. The van der Waals surface area contributed by atoms with E-state index in [9.17, 15) is 18.9 Å². The number of aromatic hydroxyl groups is 1. The van der Waals surface area contributed by atoms with Crippen LogP contribution in [0.3, 0.4) is 0 Å². The molecule has 1 aromatic rings. The number of phenolic OH excluding ortho intramolecular Hbond substituents is 1. The Hall–Kier alpha value is -1.47. The number of rotatable bonds is 3. The van der Waals surface area contributed by atoms with Gasteiger partial charge in [-0.3, -0.25) is 10.1 Å². The molecule has 0 spiro atoms. The van der Waals surface area contributed by atoms with Gasteiger partial charge in [0.1, 0.15) is 6.67 Å². The van der Waals surface area contributed by atoms with Crippen LogP contribution in [0.1, 0.15) is 11.6 Å². The van der Waals surface area contributed by atoms with E-state index in [2.05, 4.69) is 0 Å². The van der Waals surface area contributed by atoms with Crippen molar-refractivity contribution in [3.05, 3.63) is 33.6 Å². The molecule has 8 heteroatoms. The molecule has 0 radical (unpaired) electrons. The molecular weight excluding hydrogens is 246 g/mol. The van der Waals surface area contributed by atoms with Gasteiger partial charge in [0.15, 0.2) is 11.6 Å². The lowest BCUT2D eigenvalue weighted by Gasteiger charge is -2.09. The van der Waals surface area contributed by atoms with E-state index in [0.717, 1.165) is 6.07 Å². The van der Waals surface area contributed by atoms with Crippen LogP contribution in [0.4, 0.5) is 14.5 Å². The van der Waals surface area contributed by atoms with E-state index in [1.807, 2.05) is 0 Å². The van der Waals surface area contributed by atoms with Gasteiger partial charge in [-0.15, -0.1) is 12.4 Å². The first kappa shape index (κ1) is 14.5. The zero-order valence-electron chi connectivity index (χ0n) is 7.89. The quantitative estimate of drug-likeness (QED) is 0.636. The first-order chi connectivity index (χ1) is 6.97. The summed E-state index contributed by atoms with van der Waals surface area (Å²) in [7, 11) is 0. The van der Waals surface area contributed by atoms with Crippen LogP contribution in [0, 0.1) is 15.9 Å². The molecule has 1 aromatic carbocycles. The highest BCUT2D eigenvalue weighted by Gasteiger charge is 2.20. The van der Waals surface area contributed by atoms with Crippen molar-refractivity contribution in [3.63, 3.8) is 0 Å². The van der Waals surface area contributed by atoms with E-state index < -0.39 is 34.9 Å². The number of hydrogen-bond donors (Lipinski definition) is 2. The minimum Gasteiger partial charge on any atom is -0.505 e. The van der Waals surface area contributed by atoms with Crippen LogP contribution in [0.5, 0.6) is 5.75 Å². The fraction of sp³-hybridized carbons (Fsp3) is 0.250. The second-order valence-electron chi connectivity index (χ2n) is 2.88. The summed E-state index contributed by atoms with van der Waals surface area (Å²) in [6.07, 6.45) is 0. The van der Waals surface area contributed by atoms with Gasteiger partial charge in [0.25, 0.3) is 5.69 Å². The van der Waals surface area contributed by atoms with Gasteiger partial charge in [-0.05, 0) is 0 Å². The predicted octanol–water partition coefficient (Wildman–Crippen LogP) is 1.83. The number of nitro groups is 1. The van der Waals surface area contributed by atoms with Crippen LogP contribution < -0.4 is 5.73 Å². The molecule has 0 amide bonds. The highest BCUT2D eigenvalue weighted by atomic mass is 35.5. The molecule has 0 saturated heterocycles. The van der Waals surface area contributed by atoms with Crippen molar-refractivity contribution >= 4 is 18.1 Å². The summed E-state index contributed by atoms with van der Waals surface area (Å²) < 4.78 is 25.2. The maximum atomic E-state index is 13.0. The van der Waals surface area contributed by atoms with E-state index in [1.165, 1.54) is 0 Å². The maximum absolute atomic E-state index is 13.0. The van der Waals surface area contributed by atoms with Gasteiger partial charge in [-0.1, -0.05) is 0 Å². The molecule has 1 atom stereocenters. The molecule has 0 aliphatic carbocycles. The Morgan fingerprint density at radius 1 is 1.56 bits per heavy atom. The minimum atomic E-state index is -1.28. The number of hydrogen-bond acceptors (Lipinski definition) is 4. The Bertz CT molecular complexity index is 403. The number of nitro benzene ring substituents is 1. The van der Waals surface area contributed by atoms with Crippen molar-refractivity contribution in [2.24, 2.45) is 5.73 Å². The lowest BCUT2D eigenvalue weighted by atomic mass is 10.1. The number of nitrogens with zero attached hydrogens (tertiary/aromatic N) is 1. The molecular formula is C8H9ClF2N2O3. The van der Waals surface area contributed by atoms with Gasteiger partial charge in [0.2, 0.25) is 0 Å². The number of alkyl halides is 1. The molecule has 0 aliphatic rings. The van der Waals surface area contributed by atoms with Crippen LogP contribution in [0.15, 0.2) is 12.1 Å². The summed E-state index contributed by atoms with van der Waals surface area (Å²) in [4.78, 5) is 9.50. The lowest BCUT2D eigenvalue weighted by molar-refractivity contribution is -0.385. The molecule has 90 valence electrons. The monoisotopic (exact) mass is 254 g/mol. The van der Waals surface area contributed by atoms with Crippen molar-refractivity contribution in [1.82, 2.24) is 0 Å². The van der Waals surface area contributed by atoms with Crippen LogP contribution in [0.25, 0.3) is 0 Å². The first-order valence-electron chi connectivity index (χ1n) is 3.95.